The number of hydrogen-bond donors (Lipinski definition) is 0. The number of carbonyl (C=O) groups excluding carboxylic acids is 2. The first-order valence-electron chi connectivity index (χ1n) is 12.2. The van der Waals surface area contributed by atoms with Crippen LogP contribution in [0.1, 0.15) is 23.3 Å². The normalized spacial score (nSPS) is 17.5. The molecule has 0 unspecified atom stereocenters. The van der Waals surface area contributed by atoms with Gasteiger partial charge in [-0.1, -0.05) is 41.9 Å². The minimum atomic E-state index is -0.0629. The van der Waals surface area contributed by atoms with Crippen molar-refractivity contribution in [1.82, 2.24) is 24.5 Å². The van der Waals surface area contributed by atoms with E-state index in [1.54, 1.807) is 4.68 Å². The van der Waals surface area contributed by atoms with E-state index in [1.807, 2.05) is 70.5 Å². The number of benzene rings is 2. The van der Waals surface area contributed by atoms with Gasteiger partial charge in [-0.3, -0.25) is 9.59 Å². The number of carbonyl (C=O) groups is 2. The van der Waals surface area contributed by atoms with Crippen LogP contribution in [-0.4, -0.2) is 82.6 Å². The SMILES string of the molecule is CN1CCN(C(=O)C2CCN(C(=O)c3cc(-c4ccc(Cl)cc4)nn3-c3ccccc3)CC2)CC1. The fourth-order valence-electron chi connectivity index (χ4n) is 4.84. The number of para-hydroxylation sites is 1. The fraction of sp³-hybridized carbons (Fsp3) is 0.370. The van der Waals surface area contributed by atoms with E-state index in [0.29, 0.717) is 42.3 Å². The molecule has 2 amide bonds. The zero-order chi connectivity index (χ0) is 24.4. The molecule has 0 N–H and O–H groups in total. The Labute approximate surface area is 210 Å². The molecule has 5 rings (SSSR count). The number of piperazine rings is 1. The average molecular weight is 492 g/mol. The molecule has 2 aliphatic heterocycles. The molecule has 1 aromatic heterocycles. The number of likely N-dealkylation sites (tertiary alicyclic amines) is 1. The second-order valence-electron chi connectivity index (χ2n) is 9.36. The smallest absolute Gasteiger partial charge is 0.272 e. The van der Waals surface area contributed by atoms with Crippen LogP contribution in [0.15, 0.2) is 60.7 Å². The van der Waals surface area contributed by atoms with Crippen molar-refractivity contribution >= 4 is 23.4 Å². The first-order chi connectivity index (χ1) is 17.0. The van der Waals surface area contributed by atoms with Gasteiger partial charge in [-0.15, -0.1) is 0 Å². The van der Waals surface area contributed by atoms with Gasteiger partial charge >= 0.3 is 0 Å². The Morgan fingerprint density at radius 2 is 1.51 bits per heavy atom. The van der Waals surface area contributed by atoms with Crippen LogP contribution in [0.3, 0.4) is 0 Å². The van der Waals surface area contributed by atoms with Crippen LogP contribution in [0, 0.1) is 5.92 Å². The molecule has 2 saturated heterocycles. The topological polar surface area (TPSA) is 61.7 Å². The molecule has 0 spiro atoms. The number of likely N-dealkylation sites (N-methyl/N-ethyl adjacent to an activating group) is 1. The van der Waals surface area contributed by atoms with Gasteiger partial charge in [0.1, 0.15) is 5.69 Å². The van der Waals surface area contributed by atoms with E-state index >= 15 is 0 Å². The maximum absolute atomic E-state index is 13.7. The molecule has 2 fully saturated rings. The molecule has 8 heteroatoms. The van der Waals surface area contributed by atoms with Crippen LogP contribution in [0.5, 0.6) is 0 Å². The van der Waals surface area contributed by atoms with E-state index in [1.165, 1.54) is 0 Å². The largest absolute Gasteiger partial charge is 0.340 e. The van der Waals surface area contributed by atoms with E-state index in [2.05, 4.69) is 11.9 Å². The van der Waals surface area contributed by atoms with Crippen LogP contribution < -0.4 is 0 Å². The van der Waals surface area contributed by atoms with Crippen molar-refractivity contribution in [2.24, 2.45) is 5.92 Å². The lowest BCUT2D eigenvalue weighted by Gasteiger charge is -2.37. The van der Waals surface area contributed by atoms with E-state index in [4.69, 9.17) is 16.7 Å². The Kier molecular flexibility index (Phi) is 6.88. The Morgan fingerprint density at radius 1 is 0.857 bits per heavy atom. The van der Waals surface area contributed by atoms with E-state index in [-0.39, 0.29) is 17.7 Å². The molecular weight excluding hydrogens is 462 g/mol. The quantitative estimate of drug-likeness (QED) is 0.556. The Hall–Kier alpha value is -3.16. The zero-order valence-electron chi connectivity index (χ0n) is 19.9. The Morgan fingerprint density at radius 3 is 2.17 bits per heavy atom. The number of rotatable bonds is 4. The van der Waals surface area contributed by atoms with Gasteiger partial charge in [0, 0.05) is 55.8 Å². The standard InChI is InChI=1S/C27H30ClN5O2/c1-30-15-17-32(18-16-30)26(34)21-11-13-31(14-12-21)27(35)25-19-24(20-7-9-22(28)10-8-20)29-33(25)23-5-3-2-4-6-23/h2-10,19,21H,11-18H2,1H3. The molecule has 2 aliphatic rings. The van der Waals surface area contributed by atoms with Crippen LogP contribution in [-0.2, 0) is 4.79 Å². The summed E-state index contributed by atoms with van der Waals surface area (Å²) in [7, 11) is 2.09. The molecule has 0 saturated carbocycles. The van der Waals surface area contributed by atoms with E-state index < -0.39 is 0 Å². The lowest BCUT2D eigenvalue weighted by atomic mass is 9.94. The maximum atomic E-state index is 13.7. The predicted octanol–water partition coefficient (Wildman–Crippen LogP) is 3.82. The molecule has 182 valence electrons. The Bertz CT molecular complexity index is 1180. The molecule has 2 aromatic carbocycles. The number of hydrogen-bond acceptors (Lipinski definition) is 4. The van der Waals surface area contributed by atoms with Crippen molar-refractivity contribution in [3.8, 4) is 16.9 Å². The average Bonchev–Trinajstić information content (AvgIpc) is 3.35. The minimum Gasteiger partial charge on any atom is -0.340 e. The van der Waals surface area contributed by atoms with Gasteiger partial charge < -0.3 is 14.7 Å². The van der Waals surface area contributed by atoms with Crippen LogP contribution in [0.25, 0.3) is 16.9 Å². The third-order valence-electron chi connectivity index (χ3n) is 7.02. The summed E-state index contributed by atoms with van der Waals surface area (Å²) in [4.78, 5) is 32.8. The summed E-state index contributed by atoms with van der Waals surface area (Å²) in [5, 5.41) is 5.42. The number of amides is 2. The third-order valence-corrected chi connectivity index (χ3v) is 7.27. The van der Waals surface area contributed by atoms with Crippen molar-refractivity contribution < 1.29 is 9.59 Å². The summed E-state index contributed by atoms with van der Waals surface area (Å²) in [5.74, 6) is 0.169. The number of aromatic nitrogens is 2. The van der Waals surface area contributed by atoms with Gasteiger partial charge in [0.15, 0.2) is 0 Å². The van der Waals surface area contributed by atoms with Gasteiger partial charge in [0.05, 0.1) is 11.4 Å². The highest BCUT2D eigenvalue weighted by atomic mass is 35.5. The summed E-state index contributed by atoms with van der Waals surface area (Å²) < 4.78 is 1.72. The third kappa shape index (κ3) is 5.11. The first-order valence-corrected chi connectivity index (χ1v) is 12.6. The molecule has 3 aromatic rings. The number of nitrogens with zero attached hydrogens (tertiary/aromatic N) is 5. The number of piperidine rings is 1. The summed E-state index contributed by atoms with van der Waals surface area (Å²) in [6.45, 7) is 4.56. The van der Waals surface area contributed by atoms with Crippen molar-refractivity contribution in [2.45, 2.75) is 12.8 Å². The van der Waals surface area contributed by atoms with Crippen molar-refractivity contribution in [2.75, 3.05) is 46.3 Å². The molecular formula is C27H30ClN5O2. The van der Waals surface area contributed by atoms with Crippen LogP contribution in [0.4, 0.5) is 0 Å². The first kappa shape index (κ1) is 23.6. The lowest BCUT2D eigenvalue weighted by Crippen LogP contribution is -2.51. The molecule has 0 bridgehead atoms. The molecule has 0 aliphatic carbocycles. The molecule has 0 atom stereocenters. The highest BCUT2D eigenvalue weighted by Crippen LogP contribution is 2.26. The summed E-state index contributed by atoms with van der Waals surface area (Å²) in [5.41, 5.74) is 2.96. The molecule has 35 heavy (non-hydrogen) atoms. The maximum Gasteiger partial charge on any atom is 0.272 e. The second kappa shape index (κ2) is 10.2. The summed E-state index contributed by atoms with van der Waals surface area (Å²) in [6.07, 6.45) is 1.39. The number of halogens is 1. The van der Waals surface area contributed by atoms with Crippen LogP contribution in [0.2, 0.25) is 5.02 Å². The molecule has 7 nitrogen and oxygen atoms in total. The fourth-order valence-corrected chi connectivity index (χ4v) is 4.96. The van der Waals surface area contributed by atoms with Gasteiger partial charge in [-0.2, -0.15) is 5.10 Å². The van der Waals surface area contributed by atoms with Gasteiger partial charge in [0.2, 0.25) is 5.91 Å². The lowest BCUT2D eigenvalue weighted by molar-refractivity contribution is -0.138. The highest BCUT2D eigenvalue weighted by molar-refractivity contribution is 6.30. The van der Waals surface area contributed by atoms with E-state index in [9.17, 15) is 9.59 Å². The van der Waals surface area contributed by atoms with Gasteiger partial charge in [-0.05, 0) is 50.2 Å². The van der Waals surface area contributed by atoms with Crippen molar-refractivity contribution in [3.05, 3.63) is 71.4 Å². The second-order valence-corrected chi connectivity index (χ2v) is 9.80. The van der Waals surface area contributed by atoms with Crippen LogP contribution >= 0.6 is 11.6 Å². The summed E-state index contributed by atoms with van der Waals surface area (Å²) >= 11 is 6.06. The van der Waals surface area contributed by atoms with Crippen molar-refractivity contribution in [1.29, 1.82) is 0 Å². The highest BCUT2D eigenvalue weighted by Gasteiger charge is 2.32. The minimum absolute atomic E-state index is 0.00822. The molecule has 0 radical (unpaired) electrons. The summed E-state index contributed by atoms with van der Waals surface area (Å²) in [6, 6.07) is 19.0. The van der Waals surface area contributed by atoms with Gasteiger partial charge in [0.25, 0.3) is 5.91 Å². The van der Waals surface area contributed by atoms with Crippen molar-refractivity contribution in [3.63, 3.8) is 0 Å². The molecule has 3 heterocycles. The zero-order valence-corrected chi connectivity index (χ0v) is 20.7. The predicted molar refractivity (Wildman–Crippen MR) is 137 cm³/mol. The van der Waals surface area contributed by atoms with Gasteiger partial charge in [-0.25, -0.2) is 4.68 Å². The monoisotopic (exact) mass is 491 g/mol. The Balaban J connectivity index is 1.33. The van der Waals surface area contributed by atoms with E-state index in [0.717, 1.165) is 37.4 Å².